The van der Waals surface area contributed by atoms with Gasteiger partial charge in [0.1, 0.15) is 0 Å². The summed E-state index contributed by atoms with van der Waals surface area (Å²) in [4.78, 5) is 2.13. The van der Waals surface area contributed by atoms with E-state index in [2.05, 4.69) is 44.1 Å². The van der Waals surface area contributed by atoms with E-state index < -0.39 is 5.60 Å². The minimum absolute atomic E-state index is 0.406. The summed E-state index contributed by atoms with van der Waals surface area (Å²) < 4.78 is 0. The predicted molar refractivity (Wildman–Crippen MR) is 68.0 cm³/mol. The lowest BCUT2D eigenvalue weighted by Gasteiger charge is -2.20. The summed E-state index contributed by atoms with van der Waals surface area (Å²) >= 11 is 0. The van der Waals surface area contributed by atoms with Crippen molar-refractivity contribution in [3.05, 3.63) is 29.3 Å². The van der Waals surface area contributed by atoms with Crippen LogP contribution in [0.2, 0.25) is 0 Å². The summed E-state index contributed by atoms with van der Waals surface area (Å²) in [6, 6.07) is 6.58. The molecule has 0 atom stereocenters. The number of hydrogen-bond acceptors (Lipinski definition) is 2. The largest absolute Gasteiger partial charge is 0.390 e. The van der Waals surface area contributed by atoms with Crippen LogP contribution < -0.4 is 4.90 Å². The zero-order valence-corrected chi connectivity index (χ0v) is 10.5. The second-order valence-corrected chi connectivity index (χ2v) is 5.11. The molecule has 2 rings (SSSR count). The molecular weight excluding hydrogens is 198 g/mol. The molecule has 1 aromatic carbocycles. The summed E-state index contributed by atoms with van der Waals surface area (Å²) in [5.74, 6) is 0. The van der Waals surface area contributed by atoms with Crippen molar-refractivity contribution in [2.45, 2.75) is 38.2 Å². The lowest BCUT2D eigenvalue weighted by atomic mass is 10.00. The van der Waals surface area contributed by atoms with Crippen molar-refractivity contribution in [1.29, 1.82) is 0 Å². The third-order valence-corrected chi connectivity index (χ3v) is 3.38. The van der Waals surface area contributed by atoms with Gasteiger partial charge in [-0.25, -0.2) is 0 Å². The first kappa shape index (κ1) is 11.5. The van der Waals surface area contributed by atoms with Crippen molar-refractivity contribution < 1.29 is 5.11 Å². The molecule has 0 amide bonds. The van der Waals surface area contributed by atoms with E-state index in [1.807, 2.05) is 0 Å². The molecule has 1 fully saturated rings. The molecule has 2 heteroatoms. The molecule has 88 valence electrons. The molecule has 0 bridgehead atoms. The smallest absolute Gasteiger partial charge is 0.0690 e. The predicted octanol–water partition coefficient (Wildman–Crippen LogP) is 2.38. The Bertz CT molecular complexity index is 380. The average molecular weight is 219 g/mol. The Balaban J connectivity index is 2.30. The normalized spacial score (nSPS) is 17.2. The maximum Gasteiger partial charge on any atom is 0.0690 e. The van der Waals surface area contributed by atoms with E-state index in [4.69, 9.17) is 0 Å². The molecule has 0 saturated heterocycles. The van der Waals surface area contributed by atoms with Crippen LogP contribution in [0.25, 0.3) is 0 Å². The summed E-state index contributed by atoms with van der Waals surface area (Å²) in [6.07, 6.45) is 3.76. The molecule has 1 N–H and O–H groups in total. The highest BCUT2D eigenvalue weighted by Gasteiger charge is 2.40. The Morgan fingerprint density at radius 2 is 2.00 bits per heavy atom. The summed E-state index contributed by atoms with van der Waals surface area (Å²) in [7, 11) is 4.11. The maximum atomic E-state index is 10.0. The highest BCUT2D eigenvalue weighted by molar-refractivity contribution is 5.54. The second-order valence-electron chi connectivity index (χ2n) is 5.11. The van der Waals surface area contributed by atoms with Crippen LogP contribution in [0.1, 0.15) is 30.9 Å². The van der Waals surface area contributed by atoms with Gasteiger partial charge in [-0.1, -0.05) is 19.1 Å². The third-order valence-electron chi connectivity index (χ3n) is 3.38. The van der Waals surface area contributed by atoms with E-state index in [1.165, 1.54) is 16.8 Å². The van der Waals surface area contributed by atoms with Gasteiger partial charge in [-0.15, -0.1) is 0 Å². The third kappa shape index (κ3) is 2.38. The van der Waals surface area contributed by atoms with Gasteiger partial charge in [0.05, 0.1) is 5.60 Å². The van der Waals surface area contributed by atoms with Crippen LogP contribution in [0.15, 0.2) is 18.2 Å². The molecule has 0 radical (unpaired) electrons. The van der Waals surface area contributed by atoms with Gasteiger partial charge in [0.15, 0.2) is 0 Å². The van der Waals surface area contributed by atoms with E-state index in [-0.39, 0.29) is 0 Å². The van der Waals surface area contributed by atoms with Crippen LogP contribution in [-0.2, 0) is 12.8 Å². The lowest BCUT2D eigenvalue weighted by molar-refractivity contribution is 0.151. The topological polar surface area (TPSA) is 23.5 Å². The van der Waals surface area contributed by atoms with Gasteiger partial charge in [-0.05, 0) is 36.5 Å². The van der Waals surface area contributed by atoms with E-state index in [0.29, 0.717) is 0 Å². The first-order chi connectivity index (χ1) is 7.54. The van der Waals surface area contributed by atoms with Crippen molar-refractivity contribution in [3.8, 4) is 0 Å². The number of rotatable bonds is 4. The van der Waals surface area contributed by atoms with Gasteiger partial charge in [-0.3, -0.25) is 0 Å². The average Bonchev–Trinajstić information content (AvgIpc) is 2.95. The number of hydrogen-bond donors (Lipinski definition) is 1. The van der Waals surface area contributed by atoms with Crippen molar-refractivity contribution >= 4 is 5.69 Å². The fourth-order valence-electron chi connectivity index (χ4n) is 2.11. The number of aliphatic hydroxyl groups is 1. The molecule has 1 aromatic rings. The molecule has 0 heterocycles. The highest BCUT2D eigenvalue weighted by Crippen LogP contribution is 2.40. The van der Waals surface area contributed by atoms with E-state index in [9.17, 15) is 5.11 Å². The summed E-state index contributed by atoms with van der Waals surface area (Å²) in [5.41, 5.74) is 3.46. The van der Waals surface area contributed by atoms with Crippen LogP contribution in [0, 0.1) is 0 Å². The Morgan fingerprint density at radius 1 is 1.31 bits per heavy atom. The fourth-order valence-corrected chi connectivity index (χ4v) is 2.11. The number of aryl methyl sites for hydroxylation is 1. The minimum atomic E-state index is -0.406. The standard InChI is InChI=1S/C14H21NO/c1-4-11-5-6-13(15(2)3)12(9-11)10-14(16)7-8-14/h5-6,9,16H,4,7-8,10H2,1-3H3. The quantitative estimate of drug-likeness (QED) is 0.840. The molecule has 0 aliphatic heterocycles. The van der Waals surface area contributed by atoms with Gasteiger partial charge < -0.3 is 10.0 Å². The molecule has 1 aliphatic rings. The summed E-state index contributed by atoms with van der Waals surface area (Å²) in [5, 5.41) is 10.0. The zero-order chi connectivity index (χ0) is 11.8. The monoisotopic (exact) mass is 219 g/mol. The van der Waals surface area contributed by atoms with Crippen LogP contribution in [0.4, 0.5) is 5.69 Å². The second kappa shape index (κ2) is 4.10. The SMILES string of the molecule is CCc1ccc(N(C)C)c(CC2(O)CC2)c1. The van der Waals surface area contributed by atoms with Crippen molar-refractivity contribution in [3.63, 3.8) is 0 Å². The lowest BCUT2D eigenvalue weighted by Crippen LogP contribution is -2.16. The first-order valence-electron chi connectivity index (χ1n) is 6.05. The Morgan fingerprint density at radius 3 is 2.50 bits per heavy atom. The van der Waals surface area contributed by atoms with Crippen LogP contribution in [0.5, 0.6) is 0 Å². The van der Waals surface area contributed by atoms with Crippen molar-refractivity contribution in [2.75, 3.05) is 19.0 Å². The Labute approximate surface area is 97.9 Å². The molecule has 16 heavy (non-hydrogen) atoms. The number of benzene rings is 1. The van der Waals surface area contributed by atoms with Crippen LogP contribution in [-0.4, -0.2) is 24.8 Å². The maximum absolute atomic E-state index is 10.0. The number of nitrogens with zero attached hydrogens (tertiary/aromatic N) is 1. The van der Waals surface area contributed by atoms with E-state index in [1.54, 1.807) is 0 Å². The van der Waals surface area contributed by atoms with Gasteiger partial charge in [0.25, 0.3) is 0 Å². The van der Waals surface area contributed by atoms with E-state index in [0.717, 1.165) is 25.7 Å². The van der Waals surface area contributed by atoms with Gasteiger partial charge >= 0.3 is 0 Å². The number of anilines is 1. The molecular formula is C14H21NO. The Kier molecular flexibility index (Phi) is 2.94. The van der Waals surface area contributed by atoms with Gasteiger partial charge in [0.2, 0.25) is 0 Å². The molecule has 1 aliphatic carbocycles. The zero-order valence-electron chi connectivity index (χ0n) is 10.5. The van der Waals surface area contributed by atoms with Crippen LogP contribution in [0.3, 0.4) is 0 Å². The fraction of sp³-hybridized carbons (Fsp3) is 0.571. The minimum Gasteiger partial charge on any atom is -0.390 e. The molecule has 2 nitrogen and oxygen atoms in total. The molecule has 0 unspecified atom stereocenters. The van der Waals surface area contributed by atoms with Crippen LogP contribution >= 0.6 is 0 Å². The first-order valence-corrected chi connectivity index (χ1v) is 6.05. The van der Waals surface area contributed by atoms with E-state index >= 15 is 0 Å². The van der Waals surface area contributed by atoms with Gasteiger partial charge in [-0.2, -0.15) is 0 Å². The molecule has 0 aromatic heterocycles. The molecule has 0 spiro atoms. The Hall–Kier alpha value is -1.02. The van der Waals surface area contributed by atoms with Crippen molar-refractivity contribution in [1.82, 2.24) is 0 Å². The summed E-state index contributed by atoms with van der Waals surface area (Å²) in [6.45, 7) is 2.17. The van der Waals surface area contributed by atoms with Gasteiger partial charge in [0, 0.05) is 26.2 Å². The van der Waals surface area contributed by atoms with Crippen molar-refractivity contribution in [2.24, 2.45) is 0 Å². The highest BCUT2D eigenvalue weighted by atomic mass is 16.3. The molecule has 1 saturated carbocycles.